The predicted octanol–water partition coefficient (Wildman–Crippen LogP) is 2.21. The van der Waals surface area contributed by atoms with E-state index in [4.69, 9.17) is 16.0 Å². The van der Waals surface area contributed by atoms with Gasteiger partial charge < -0.3 is 9.73 Å². The average molecular weight is 240 g/mol. The summed E-state index contributed by atoms with van der Waals surface area (Å²) in [6.45, 7) is 3.35. The molecular formula is C11H14ClN3O. The van der Waals surface area contributed by atoms with Crippen LogP contribution in [0.25, 0.3) is 0 Å². The molecule has 0 saturated heterocycles. The van der Waals surface area contributed by atoms with Gasteiger partial charge in [-0.3, -0.25) is 4.68 Å². The monoisotopic (exact) mass is 239 g/mol. The Bertz CT molecular complexity index is 475. The van der Waals surface area contributed by atoms with Crippen LogP contribution in [0.4, 0.5) is 0 Å². The number of furan rings is 1. The molecule has 16 heavy (non-hydrogen) atoms. The average Bonchev–Trinajstić information content (AvgIpc) is 2.82. The molecule has 5 heteroatoms. The zero-order valence-electron chi connectivity index (χ0n) is 9.33. The minimum Gasteiger partial charge on any atom is -0.467 e. The topological polar surface area (TPSA) is 43.0 Å². The molecule has 0 atom stereocenters. The summed E-state index contributed by atoms with van der Waals surface area (Å²) in [5.74, 6) is 0.914. The third-order valence-corrected chi connectivity index (χ3v) is 2.91. The van der Waals surface area contributed by atoms with E-state index in [1.54, 1.807) is 12.5 Å². The first-order valence-corrected chi connectivity index (χ1v) is 5.48. The van der Waals surface area contributed by atoms with Gasteiger partial charge in [-0.25, -0.2) is 0 Å². The van der Waals surface area contributed by atoms with Gasteiger partial charge in [0, 0.05) is 12.1 Å². The van der Waals surface area contributed by atoms with E-state index >= 15 is 0 Å². The van der Waals surface area contributed by atoms with Crippen LogP contribution in [0.5, 0.6) is 0 Å². The minimum absolute atomic E-state index is 0.614. The summed E-state index contributed by atoms with van der Waals surface area (Å²) in [4.78, 5) is 0. The van der Waals surface area contributed by atoms with Gasteiger partial charge >= 0.3 is 0 Å². The van der Waals surface area contributed by atoms with Crippen LogP contribution in [0.3, 0.4) is 0 Å². The molecule has 4 nitrogen and oxygen atoms in total. The highest BCUT2D eigenvalue weighted by Crippen LogP contribution is 2.17. The van der Waals surface area contributed by atoms with E-state index in [9.17, 15) is 0 Å². The second kappa shape index (κ2) is 4.72. The van der Waals surface area contributed by atoms with Gasteiger partial charge in [-0.05, 0) is 20.0 Å². The van der Waals surface area contributed by atoms with Gasteiger partial charge in [0.25, 0.3) is 0 Å². The fraction of sp³-hybridized carbons (Fsp3) is 0.364. The van der Waals surface area contributed by atoms with E-state index in [-0.39, 0.29) is 0 Å². The molecule has 0 aliphatic carbocycles. The first kappa shape index (κ1) is 11.2. The SMILES string of the molecule is CNCc1ccoc1Cn1ncc(Cl)c1C. The number of hydrogen-bond acceptors (Lipinski definition) is 3. The van der Waals surface area contributed by atoms with Crippen LogP contribution < -0.4 is 5.32 Å². The molecule has 0 amide bonds. The van der Waals surface area contributed by atoms with Gasteiger partial charge in [0.2, 0.25) is 0 Å². The number of hydrogen-bond donors (Lipinski definition) is 1. The lowest BCUT2D eigenvalue weighted by molar-refractivity contribution is 0.470. The van der Waals surface area contributed by atoms with E-state index in [1.807, 2.05) is 24.7 Å². The fourth-order valence-electron chi connectivity index (χ4n) is 1.57. The van der Waals surface area contributed by atoms with Crippen LogP contribution in [0.1, 0.15) is 17.0 Å². The summed E-state index contributed by atoms with van der Waals surface area (Å²) in [6, 6.07) is 1.96. The van der Waals surface area contributed by atoms with Crippen molar-refractivity contribution in [3.8, 4) is 0 Å². The van der Waals surface area contributed by atoms with Crippen molar-refractivity contribution in [3.05, 3.63) is 40.6 Å². The molecule has 0 bridgehead atoms. The van der Waals surface area contributed by atoms with Crippen molar-refractivity contribution in [1.82, 2.24) is 15.1 Å². The van der Waals surface area contributed by atoms with Crippen LogP contribution in [0.2, 0.25) is 5.02 Å². The quantitative estimate of drug-likeness (QED) is 0.890. The third kappa shape index (κ3) is 2.13. The van der Waals surface area contributed by atoms with E-state index < -0.39 is 0 Å². The first-order valence-electron chi connectivity index (χ1n) is 5.10. The smallest absolute Gasteiger partial charge is 0.129 e. The fourth-order valence-corrected chi connectivity index (χ4v) is 1.71. The molecule has 0 aliphatic rings. The van der Waals surface area contributed by atoms with Crippen LogP contribution in [0, 0.1) is 6.92 Å². The molecule has 1 N–H and O–H groups in total. The van der Waals surface area contributed by atoms with Gasteiger partial charge in [0.05, 0.1) is 29.7 Å². The Morgan fingerprint density at radius 2 is 2.38 bits per heavy atom. The zero-order chi connectivity index (χ0) is 11.5. The minimum atomic E-state index is 0.614. The molecule has 0 saturated carbocycles. The lowest BCUT2D eigenvalue weighted by atomic mass is 10.2. The van der Waals surface area contributed by atoms with Crippen molar-refractivity contribution < 1.29 is 4.42 Å². The van der Waals surface area contributed by atoms with Crippen LogP contribution in [0.15, 0.2) is 22.9 Å². The lowest BCUT2D eigenvalue weighted by Crippen LogP contribution is -2.09. The Balaban J connectivity index is 2.20. The highest BCUT2D eigenvalue weighted by molar-refractivity contribution is 6.31. The molecule has 2 rings (SSSR count). The molecule has 0 spiro atoms. The molecule has 0 fully saturated rings. The van der Waals surface area contributed by atoms with Crippen molar-refractivity contribution in [1.29, 1.82) is 0 Å². The number of nitrogens with one attached hydrogen (secondary N) is 1. The van der Waals surface area contributed by atoms with Crippen molar-refractivity contribution in [2.24, 2.45) is 0 Å². The molecular weight excluding hydrogens is 226 g/mol. The van der Waals surface area contributed by atoms with Gasteiger partial charge in [0.1, 0.15) is 5.76 Å². The Morgan fingerprint density at radius 1 is 1.56 bits per heavy atom. The van der Waals surface area contributed by atoms with E-state index in [0.717, 1.165) is 23.6 Å². The maximum absolute atomic E-state index is 5.94. The number of aromatic nitrogens is 2. The number of rotatable bonds is 4. The summed E-state index contributed by atoms with van der Waals surface area (Å²) < 4.78 is 7.28. The van der Waals surface area contributed by atoms with E-state index in [1.165, 1.54) is 0 Å². The molecule has 2 aromatic heterocycles. The summed E-state index contributed by atoms with van der Waals surface area (Å²) in [5.41, 5.74) is 2.10. The Kier molecular flexibility index (Phi) is 3.31. The number of nitrogens with zero attached hydrogens (tertiary/aromatic N) is 2. The Labute approximate surface area is 99.2 Å². The summed E-state index contributed by atoms with van der Waals surface area (Å²) in [7, 11) is 1.91. The zero-order valence-corrected chi connectivity index (χ0v) is 10.1. The van der Waals surface area contributed by atoms with Gasteiger partial charge in [-0.15, -0.1) is 0 Å². The molecule has 0 radical (unpaired) electrons. The largest absolute Gasteiger partial charge is 0.467 e. The third-order valence-electron chi connectivity index (χ3n) is 2.54. The van der Waals surface area contributed by atoms with E-state index in [0.29, 0.717) is 11.6 Å². The van der Waals surface area contributed by atoms with Crippen LogP contribution in [-0.4, -0.2) is 16.8 Å². The highest BCUT2D eigenvalue weighted by atomic mass is 35.5. The summed E-state index contributed by atoms with van der Waals surface area (Å²) in [6.07, 6.45) is 3.35. The maximum Gasteiger partial charge on any atom is 0.129 e. The highest BCUT2D eigenvalue weighted by Gasteiger charge is 2.10. The molecule has 0 unspecified atom stereocenters. The summed E-state index contributed by atoms with van der Waals surface area (Å²) >= 11 is 5.94. The van der Waals surface area contributed by atoms with Crippen molar-refractivity contribution >= 4 is 11.6 Å². The van der Waals surface area contributed by atoms with E-state index in [2.05, 4.69) is 10.4 Å². The molecule has 2 heterocycles. The molecule has 0 aliphatic heterocycles. The second-order valence-corrected chi connectivity index (χ2v) is 4.04. The molecule has 0 aromatic carbocycles. The lowest BCUT2D eigenvalue weighted by Gasteiger charge is -2.04. The van der Waals surface area contributed by atoms with Gasteiger partial charge in [0.15, 0.2) is 0 Å². The van der Waals surface area contributed by atoms with Gasteiger partial charge in [-0.1, -0.05) is 11.6 Å². The molecule has 86 valence electrons. The van der Waals surface area contributed by atoms with Crippen molar-refractivity contribution in [3.63, 3.8) is 0 Å². The van der Waals surface area contributed by atoms with Crippen molar-refractivity contribution in [2.75, 3.05) is 7.05 Å². The van der Waals surface area contributed by atoms with Crippen molar-refractivity contribution in [2.45, 2.75) is 20.0 Å². The second-order valence-electron chi connectivity index (χ2n) is 3.63. The van der Waals surface area contributed by atoms with Crippen LogP contribution in [-0.2, 0) is 13.1 Å². The molecule has 2 aromatic rings. The van der Waals surface area contributed by atoms with Crippen LogP contribution >= 0.6 is 11.6 Å². The first-order chi connectivity index (χ1) is 7.72. The van der Waals surface area contributed by atoms with Gasteiger partial charge in [-0.2, -0.15) is 5.10 Å². The Morgan fingerprint density at radius 3 is 3.00 bits per heavy atom. The standard InChI is InChI=1S/C11H14ClN3O/c1-8-10(12)6-14-15(8)7-11-9(5-13-2)3-4-16-11/h3-4,6,13H,5,7H2,1-2H3. The maximum atomic E-state index is 5.94. The normalized spacial score (nSPS) is 10.9. The summed E-state index contributed by atoms with van der Waals surface area (Å²) in [5, 5.41) is 7.98. The predicted molar refractivity (Wildman–Crippen MR) is 62.5 cm³/mol. The number of halogens is 1. The Hall–Kier alpha value is -1.26.